The Labute approximate surface area is 156 Å². The topological polar surface area (TPSA) is 65.4 Å². The van der Waals surface area contributed by atoms with Gasteiger partial charge < -0.3 is 14.8 Å². The molecule has 0 spiro atoms. The van der Waals surface area contributed by atoms with Crippen molar-refractivity contribution in [2.75, 3.05) is 20.3 Å². The number of methoxy groups -OCH3 is 1. The molecule has 0 atom stereocenters. The van der Waals surface area contributed by atoms with Gasteiger partial charge in [0.05, 0.1) is 18.5 Å². The Balaban J connectivity index is 1.47. The van der Waals surface area contributed by atoms with Gasteiger partial charge in [-0.1, -0.05) is 18.2 Å². The quantitative estimate of drug-likeness (QED) is 0.661. The Bertz CT molecular complexity index is 859. The number of carbonyl (C=O) groups excluding carboxylic acids is 1. The zero-order valence-corrected chi connectivity index (χ0v) is 15.6. The fourth-order valence-electron chi connectivity index (χ4n) is 2.51. The molecule has 0 bridgehead atoms. The fourth-order valence-corrected chi connectivity index (χ4v) is 3.20. The third kappa shape index (κ3) is 4.43. The molecule has 7 heteroatoms. The van der Waals surface area contributed by atoms with Crippen molar-refractivity contribution < 1.29 is 14.3 Å². The van der Waals surface area contributed by atoms with Gasteiger partial charge in [0.25, 0.3) is 5.91 Å². The molecule has 0 unspecified atom stereocenters. The maximum absolute atomic E-state index is 12.0. The molecule has 0 radical (unpaired) electrons. The van der Waals surface area contributed by atoms with Crippen LogP contribution in [0.15, 0.2) is 47.8 Å². The van der Waals surface area contributed by atoms with Crippen molar-refractivity contribution >= 4 is 17.2 Å². The number of para-hydroxylation sites is 2. The van der Waals surface area contributed by atoms with Gasteiger partial charge in [0.1, 0.15) is 5.69 Å². The summed E-state index contributed by atoms with van der Waals surface area (Å²) in [6, 6.07) is 13.4. The molecule has 136 valence electrons. The van der Waals surface area contributed by atoms with Crippen molar-refractivity contribution in [1.29, 1.82) is 0 Å². The van der Waals surface area contributed by atoms with Crippen molar-refractivity contribution in [3.63, 3.8) is 0 Å². The lowest BCUT2D eigenvalue weighted by Crippen LogP contribution is -2.32. The van der Waals surface area contributed by atoms with Crippen molar-refractivity contribution in [1.82, 2.24) is 15.1 Å². The number of ether oxygens (including phenoxy) is 2. The predicted molar refractivity (Wildman–Crippen MR) is 102 cm³/mol. The van der Waals surface area contributed by atoms with Crippen LogP contribution in [0.3, 0.4) is 0 Å². The third-order valence-corrected chi connectivity index (χ3v) is 4.72. The van der Waals surface area contributed by atoms with Crippen LogP contribution in [-0.4, -0.2) is 35.9 Å². The fraction of sp³-hybridized carbons (Fsp3) is 0.263. The lowest BCUT2D eigenvalue weighted by molar-refractivity contribution is -0.123. The Kier molecular flexibility index (Phi) is 5.91. The van der Waals surface area contributed by atoms with Crippen LogP contribution in [0.2, 0.25) is 0 Å². The minimum Gasteiger partial charge on any atom is -0.493 e. The number of aryl methyl sites for hydroxylation is 1. The van der Waals surface area contributed by atoms with Gasteiger partial charge in [-0.15, -0.1) is 11.3 Å². The molecule has 0 fully saturated rings. The van der Waals surface area contributed by atoms with Crippen molar-refractivity contribution in [3.8, 4) is 22.1 Å². The van der Waals surface area contributed by atoms with E-state index in [1.165, 1.54) is 0 Å². The van der Waals surface area contributed by atoms with Crippen LogP contribution in [0.5, 0.6) is 11.5 Å². The summed E-state index contributed by atoms with van der Waals surface area (Å²) >= 11 is 1.66. The van der Waals surface area contributed by atoms with E-state index in [1.54, 1.807) is 30.6 Å². The molecule has 0 saturated carbocycles. The highest BCUT2D eigenvalue weighted by Crippen LogP contribution is 2.25. The van der Waals surface area contributed by atoms with E-state index >= 15 is 0 Å². The third-order valence-electron chi connectivity index (χ3n) is 3.83. The molecule has 3 rings (SSSR count). The van der Waals surface area contributed by atoms with E-state index < -0.39 is 0 Å². The Morgan fingerprint density at radius 2 is 2.04 bits per heavy atom. The molecule has 0 aliphatic carbocycles. The number of carbonyl (C=O) groups is 1. The van der Waals surface area contributed by atoms with Gasteiger partial charge in [-0.3, -0.25) is 9.48 Å². The number of rotatable bonds is 8. The number of thiophene rings is 1. The van der Waals surface area contributed by atoms with Crippen molar-refractivity contribution in [2.24, 2.45) is 0 Å². The van der Waals surface area contributed by atoms with Gasteiger partial charge in [-0.25, -0.2) is 0 Å². The summed E-state index contributed by atoms with van der Waals surface area (Å²) in [4.78, 5) is 13.1. The number of amides is 1. The molecule has 1 N–H and O–H groups in total. The molecular formula is C19H21N3O3S. The first kappa shape index (κ1) is 18.0. The van der Waals surface area contributed by atoms with Crippen LogP contribution in [-0.2, 0) is 11.3 Å². The number of hydrogen-bond acceptors (Lipinski definition) is 5. The lowest BCUT2D eigenvalue weighted by Gasteiger charge is -2.10. The van der Waals surface area contributed by atoms with Crippen LogP contribution < -0.4 is 14.8 Å². The minimum absolute atomic E-state index is 0.0566. The van der Waals surface area contributed by atoms with Gasteiger partial charge in [0, 0.05) is 12.2 Å². The number of benzene rings is 1. The Morgan fingerprint density at radius 1 is 1.23 bits per heavy atom. The second kappa shape index (κ2) is 8.53. The molecule has 0 saturated heterocycles. The van der Waals surface area contributed by atoms with E-state index in [4.69, 9.17) is 9.47 Å². The molecule has 3 aromatic rings. The second-order valence-electron chi connectivity index (χ2n) is 5.66. The summed E-state index contributed by atoms with van der Waals surface area (Å²) in [6.45, 7) is 3.05. The van der Waals surface area contributed by atoms with E-state index in [0.717, 1.165) is 16.3 Å². The highest BCUT2D eigenvalue weighted by atomic mass is 32.1. The lowest BCUT2D eigenvalue weighted by atomic mass is 10.3. The zero-order chi connectivity index (χ0) is 18.4. The molecule has 6 nitrogen and oxygen atoms in total. The molecule has 0 aliphatic heterocycles. The number of hydrogen-bond donors (Lipinski definition) is 1. The van der Waals surface area contributed by atoms with E-state index in [2.05, 4.69) is 16.5 Å². The number of aromatic nitrogens is 2. The van der Waals surface area contributed by atoms with Gasteiger partial charge >= 0.3 is 0 Å². The Morgan fingerprint density at radius 3 is 2.77 bits per heavy atom. The summed E-state index contributed by atoms with van der Waals surface area (Å²) < 4.78 is 12.6. The minimum atomic E-state index is -0.181. The molecule has 0 aliphatic rings. The Hall–Kier alpha value is -2.80. The van der Waals surface area contributed by atoms with Crippen LogP contribution in [0, 0.1) is 6.92 Å². The highest BCUT2D eigenvalue weighted by Gasteiger charge is 2.09. The molecule has 1 aromatic carbocycles. The highest BCUT2D eigenvalue weighted by molar-refractivity contribution is 7.13. The van der Waals surface area contributed by atoms with Gasteiger partial charge in [-0.05, 0) is 36.6 Å². The van der Waals surface area contributed by atoms with Crippen LogP contribution in [0.25, 0.3) is 10.6 Å². The largest absolute Gasteiger partial charge is 0.493 e. The first-order valence-corrected chi connectivity index (χ1v) is 9.16. The van der Waals surface area contributed by atoms with E-state index in [1.807, 2.05) is 41.3 Å². The molecule has 26 heavy (non-hydrogen) atoms. The zero-order valence-electron chi connectivity index (χ0n) is 14.8. The summed E-state index contributed by atoms with van der Waals surface area (Å²) in [6.07, 6.45) is 0. The summed E-state index contributed by atoms with van der Waals surface area (Å²) in [7, 11) is 1.57. The average Bonchev–Trinajstić information content (AvgIpc) is 3.30. The first-order chi connectivity index (χ1) is 12.7. The first-order valence-electron chi connectivity index (χ1n) is 8.28. The number of nitrogens with one attached hydrogen (secondary N) is 1. The average molecular weight is 371 g/mol. The maximum Gasteiger partial charge on any atom is 0.258 e. The van der Waals surface area contributed by atoms with Gasteiger partial charge in [-0.2, -0.15) is 5.10 Å². The molecular weight excluding hydrogens is 350 g/mol. The van der Waals surface area contributed by atoms with Crippen molar-refractivity contribution in [2.45, 2.75) is 13.5 Å². The summed E-state index contributed by atoms with van der Waals surface area (Å²) in [5, 5.41) is 9.47. The standard InChI is InChI=1S/C19H21N3O3S/c1-14-12-15(18-8-5-11-26-18)21-22(14)10-9-20-19(23)13-25-17-7-4-3-6-16(17)24-2/h3-8,11-12H,9-10,13H2,1-2H3,(H,20,23). The second-order valence-corrected chi connectivity index (χ2v) is 6.61. The van der Waals surface area contributed by atoms with Crippen LogP contribution >= 0.6 is 11.3 Å². The van der Waals surface area contributed by atoms with E-state index in [-0.39, 0.29) is 12.5 Å². The smallest absolute Gasteiger partial charge is 0.258 e. The summed E-state index contributed by atoms with van der Waals surface area (Å²) in [5.41, 5.74) is 2.02. The normalized spacial score (nSPS) is 10.5. The van der Waals surface area contributed by atoms with Gasteiger partial charge in [0.15, 0.2) is 18.1 Å². The summed E-state index contributed by atoms with van der Waals surface area (Å²) in [5.74, 6) is 0.974. The molecule has 2 aromatic heterocycles. The van der Waals surface area contributed by atoms with Crippen LogP contribution in [0.1, 0.15) is 5.69 Å². The maximum atomic E-state index is 12.0. The van der Waals surface area contributed by atoms with Crippen molar-refractivity contribution in [3.05, 3.63) is 53.5 Å². The van der Waals surface area contributed by atoms with Gasteiger partial charge in [0.2, 0.25) is 0 Å². The van der Waals surface area contributed by atoms with E-state index in [9.17, 15) is 4.79 Å². The SMILES string of the molecule is COc1ccccc1OCC(=O)NCCn1nc(-c2cccs2)cc1C. The molecule has 2 heterocycles. The van der Waals surface area contributed by atoms with E-state index in [0.29, 0.717) is 24.6 Å². The predicted octanol–water partition coefficient (Wildman–Crippen LogP) is 3.12. The number of nitrogens with zero attached hydrogens (tertiary/aromatic N) is 2. The monoisotopic (exact) mass is 371 g/mol. The molecule has 1 amide bonds. The van der Waals surface area contributed by atoms with Crippen LogP contribution in [0.4, 0.5) is 0 Å².